The molecule has 0 unspecified atom stereocenters. The van der Waals surface area contributed by atoms with Gasteiger partial charge < -0.3 is 15.4 Å². The topological polar surface area (TPSA) is 67.4 Å². The summed E-state index contributed by atoms with van der Waals surface area (Å²) in [7, 11) is 0. The lowest BCUT2D eigenvalue weighted by molar-refractivity contribution is -0.115. The Hall–Kier alpha value is -2.96. The maximum atomic E-state index is 13.5. The predicted molar refractivity (Wildman–Crippen MR) is 84.9 cm³/mol. The van der Waals surface area contributed by atoms with Gasteiger partial charge in [-0.2, -0.15) is 0 Å². The van der Waals surface area contributed by atoms with E-state index in [1.54, 1.807) is 24.3 Å². The van der Waals surface area contributed by atoms with Crippen LogP contribution in [0.3, 0.4) is 0 Å². The fraction of sp³-hybridized carbons (Fsp3) is 0.176. The molecule has 0 fully saturated rings. The largest absolute Gasteiger partial charge is 0.494 e. The number of carbonyl (C=O) groups is 2. The monoisotopic (exact) mass is 334 g/mol. The normalized spacial score (nSPS) is 10.1. The molecule has 0 saturated heterocycles. The van der Waals surface area contributed by atoms with Gasteiger partial charge >= 0.3 is 0 Å². The Labute approximate surface area is 137 Å². The minimum atomic E-state index is -0.987. The summed E-state index contributed by atoms with van der Waals surface area (Å²) >= 11 is 0. The molecular formula is C17H16F2N2O3. The van der Waals surface area contributed by atoms with Crippen molar-refractivity contribution < 1.29 is 23.1 Å². The maximum absolute atomic E-state index is 13.5. The number of halogens is 2. The molecule has 0 aliphatic carbocycles. The molecule has 0 saturated carbocycles. The van der Waals surface area contributed by atoms with Gasteiger partial charge in [0.1, 0.15) is 17.4 Å². The number of rotatable bonds is 6. The number of ether oxygens (including phenoxy) is 1. The molecule has 24 heavy (non-hydrogen) atoms. The fourth-order valence-electron chi connectivity index (χ4n) is 1.94. The van der Waals surface area contributed by atoms with Gasteiger partial charge in [0.05, 0.1) is 18.7 Å². The summed E-state index contributed by atoms with van der Waals surface area (Å²) < 4.78 is 31.5. The van der Waals surface area contributed by atoms with Crippen molar-refractivity contribution in [3.8, 4) is 5.75 Å². The van der Waals surface area contributed by atoms with Crippen molar-refractivity contribution >= 4 is 17.5 Å². The molecule has 2 aromatic carbocycles. The van der Waals surface area contributed by atoms with Crippen LogP contribution in [0.2, 0.25) is 0 Å². The van der Waals surface area contributed by atoms with Crippen molar-refractivity contribution in [2.75, 3.05) is 18.5 Å². The van der Waals surface area contributed by atoms with Crippen LogP contribution < -0.4 is 15.4 Å². The first-order valence-electron chi connectivity index (χ1n) is 7.25. The molecule has 2 amide bonds. The first-order chi connectivity index (χ1) is 11.5. The van der Waals surface area contributed by atoms with Crippen LogP contribution in [-0.4, -0.2) is 25.0 Å². The van der Waals surface area contributed by atoms with Crippen LogP contribution in [0.15, 0.2) is 42.5 Å². The van der Waals surface area contributed by atoms with Gasteiger partial charge in [0, 0.05) is 11.8 Å². The highest BCUT2D eigenvalue weighted by Crippen LogP contribution is 2.15. The molecule has 2 rings (SSSR count). The average Bonchev–Trinajstić information content (AvgIpc) is 2.55. The third kappa shape index (κ3) is 4.77. The van der Waals surface area contributed by atoms with Crippen LogP contribution in [0.1, 0.15) is 17.3 Å². The summed E-state index contributed by atoms with van der Waals surface area (Å²) in [6.07, 6.45) is 0. The molecular weight excluding hydrogens is 318 g/mol. The second-order valence-electron chi connectivity index (χ2n) is 4.81. The standard InChI is InChI=1S/C17H16F2N2O3/c1-2-24-13-6-4-12(5-7-13)21-16(22)10-20-17(23)14-8-3-11(18)9-15(14)19/h3-9H,2,10H2,1H3,(H,20,23)(H,21,22). The molecule has 0 spiro atoms. The van der Waals surface area contributed by atoms with Gasteiger partial charge in [-0.05, 0) is 43.3 Å². The highest BCUT2D eigenvalue weighted by Gasteiger charge is 2.13. The Morgan fingerprint density at radius 3 is 2.42 bits per heavy atom. The smallest absolute Gasteiger partial charge is 0.254 e. The van der Waals surface area contributed by atoms with E-state index in [0.717, 1.165) is 12.1 Å². The van der Waals surface area contributed by atoms with Crippen LogP contribution in [0, 0.1) is 11.6 Å². The van der Waals surface area contributed by atoms with Crippen LogP contribution in [-0.2, 0) is 4.79 Å². The molecule has 5 nitrogen and oxygen atoms in total. The summed E-state index contributed by atoms with van der Waals surface area (Å²) in [6.45, 7) is 2.06. The molecule has 0 aromatic heterocycles. The molecule has 0 aliphatic rings. The highest BCUT2D eigenvalue weighted by atomic mass is 19.1. The van der Waals surface area contributed by atoms with E-state index in [-0.39, 0.29) is 12.1 Å². The van der Waals surface area contributed by atoms with E-state index >= 15 is 0 Å². The van der Waals surface area contributed by atoms with Gasteiger partial charge in [-0.15, -0.1) is 0 Å². The highest BCUT2D eigenvalue weighted by molar-refractivity contribution is 5.99. The molecule has 0 radical (unpaired) electrons. The zero-order chi connectivity index (χ0) is 17.5. The summed E-state index contributed by atoms with van der Waals surface area (Å²) in [4.78, 5) is 23.6. The Morgan fingerprint density at radius 2 is 1.79 bits per heavy atom. The number of carbonyl (C=O) groups excluding carboxylic acids is 2. The van der Waals surface area contributed by atoms with Crippen molar-refractivity contribution in [3.05, 3.63) is 59.7 Å². The summed E-state index contributed by atoms with van der Waals surface area (Å²) in [5.74, 6) is -2.36. The van der Waals surface area contributed by atoms with E-state index in [1.165, 1.54) is 0 Å². The van der Waals surface area contributed by atoms with Crippen molar-refractivity contribution in [2.45, 2.75) is 6.92 Å². The SMILES string of the molecule is CCOc1ccc(NC(=O)CNC(=O)c2ccc(F)cc2F)cc1. The number of hydrogen-bond acceptors (Lipinski definition) is 3. The van der Waals surface area contributed by atoms with Gasteiger partial charge in [-0.25, -0.2) is 8.78 Å². The van der Waals surface area contributed by atoms with Gasteiger partial charge in [-0.1, -0.05) is 0 Å². The number of benzene rings is 2. The van der Waals surface area contributed by atoms with E-state index < -0.39 is 23.4 Å². The molecule has 0 aliphatic heterocycles. The van der Waals surface area contributed by atoms with Crippen LogP contribution >= 0.6 is 0 Å². The second-order valence-corrected chi connectivity index (χ2v) is 4.81. The van der Waals surface area contributed by atoms with Gasteiger partial charge in [0.25, 0.3) is 5.91 Å². The lowest BCUT2D eigenvalue weighted by Crippen LogP contribution is -2.33. The van der Waals surface area contributed by atoms with Gasteiger partial charge in [-0.3, -0.25) is 9.59 Å². The number of nitrogens with one attached hydrogen (secondary N) is 2. The Balaban J connectivity index is 1.87. The minimum absolute atomic E-state index is 0.328. The second kappa shape index (κ2) is 8.05. The van der Waals surface area contributed by atoms with E-state index in [0.29, 0.717) is 24.1 Å². The third-order valence-corrected chi connectivity index (χ3v) is 3.03. The van der Waals surface area contributed by atoms with Crippen molar-refractivity contribution in [2.24, 2.45) is 0 Å². The first-order valence-corrected chi connectivity index (χ1v) is 7.25. The summed E-state index contributed by atoms with van der Waals surface area (Å²) in [6, 6.07) is 9.31. The number of amides is 2. The minimum Gasteiger partial charge on any atom is -0.494 e. The maximum Gasteiger partial charge on any atom is 0.254 e. The molecule has 2 N–H and O–H groups in total. The van der Waals surface area contributed by atoms with Crippen LogP contribution in [0.25, 0.3) is 0 Å². The Kier molecular flexibility index (Phi) is 5.83. The first kappa shape index (κ1) is 17.4. The third-order valence-electron chi connectivity index (χ3n) is 3.03. The van der Waals surface area contributed by atoms with Crippen LogP contribution in [0.4, 0.5) is 14.5 Å². The van der Waals surface area contributed by atoms with Gasteiger partial charge in [0.15, 0.2) is 0 Å². The van der Waals surface area contributed by atoms with Crippen molar-refractivity contribution in [1.29, 1.82) is 0 Å². The Morgan fingerprint density at radius 1 is 1.08 bits per heavy atom. The number of hydrogen-bond donors (Lipinski definition) is 2. The zero-order valence-corrected chi connectivity index (χ0v) is 12.9. The molecule has 2 aromatic rings. The fourth-order valence-corrected chi connectivity index (χ4v) is 1.94. The average molecular weight is 334 g/mol. The van der Waals surface area contributed by atoms with Gasteiger partial charge in [0.2, 0.25) is 5.91 Å². The quantitative estimate of drug-likeness (QED) is 0.853. The lowest BCUT2D eigenvalue weighted by atomic mass is 10.2. The summed E-state index contributed by atoms with van der Waals surface area (Å²) in [5, 5.41) is 4.85. The van der Waals surface area contributed by atoms with Crippen LogP contribution in [0.5, 0.6) is 5.75 Å². The van der Waals surface area contributed by atoms with Crippen molar-refractivity contribution in [1.82, 2.24) is 5.32 Å². The van der Waals surface area contributed by atoms with Crippen molar-refractivity contribution in [3.63, 3.8) is 0 Å². The van der Waals surface area contributed by atoms with E-state index in [1.807, 2.05) is 6.92 Å². The molecule has 0 bridgehead atoms. The number of anilines is 1. The predicted octanol–water partition coefficient (Wildman–Crippen LogP) is 2.73. The van der Waals surface area contributed by atoms with E-state index in [2.05, 4.69) is 10.6 Å². The van der Waals surface area contributed by atoms with E-state index in [9.17, 15) is 18.4 Å². The molecule has 0 heterocycles. The zero-order valence-electron chi connectivity index (χ0n) is 12.9. The van der Waals surface area contributed by atoms with E-state index in [4.69, 9.17) is 4.74 Å². The molecule has 126 valence electrons. The molecule has 7 heteroatoms. The summed E-state index contributed by atoms with van der Waals surface area (Å²) in [5.41, 5.74) is 0.205. The lowest BCUT2D eigenvalue weighted by Gasteiger charge is -2.08. The Bertz CT molecular complexity index is 733. The molecule has 0 atom stereocenters.